The van der Waals surface area contributed by atoms with Gasteiger partial charge in [-0.05, 0) is 29.8 Å². The molecule has 0 bridgehead atoms. The Morgan fingerprint density at radius 1 is 1.12 bits per heavy atom. The molecule has 0 fully saturated rings. The number of nitrogens with zero attached hydrogens (tertiary/aromatic N) is 2. The molecule has 0 radical (unpaired) electrons. The molecule has 4 rings (SSSR count). The summed E-state index contributed by atoms with van der Waals surface area (Å²) in [5.41, 5.74) is 0.599. The average Bonchev–Trinajstić information content (AvgIpc) is 3.21. The summed E-state index contributed by atoms with van der Waals surface area (Å²) in [5.74, 6) is -4.70. The van der Waals surface area contributed by atoms with Crippen LogP contribution in [-0.4, -0.2) is 35.8 Å². The van der Waals surface area contributed by atoms with Gasteiger partial charge in [0.05, 0.1) is 32.5 Å². The first-order valence-electron chi connectivity index (χ1n) is 9.38. The number of nitrogens with one attached hydrogen (secondary N) is 2. The molecular formula is C21H17F3N4O4. The molecule has 166 valence electrons. The number of rotatable bonds is 5. The van der Waals surface area contributed by atoms with Gasteiger partial charge < -0.3 is 20.1 Å². The zero-order chi connectivity index (χ0) is 23.0. The molecule has 0 spiro atoms. The molecule has 0 unspecified atom stereocenters. The molecule has 8 nitrogen and oxygen atoms in total. The number of carbonyl (C=O) groups is 2. The highest BCUT2D eigenvalue weighted by atomic mass is 19.2. The first kappa shape index (κ1) is 21.2. The summed E-state index contributed by atoms with van der Waals surface area (Å²) in [6.45, 7) is 0. The van der Waals surface area contributed by atoms with E-state index in [2.05, 4.69) is 15.7 Å². The normalized spacial score (nSPS) is 15.0. The van der Waals surface area contributed by atoms with E-state index in [-0.39, 0.29) is 12.2 Å². The Labute approximate surface area is 179 Å². The lowest BCUT2D eigenvalue weighted by atomic mass is 10.1. The highest BCUT2D eigenvalue weighted by Gasteiger charge is 2.34. The molecule has 32 heavy (non-hydrogen) atoms. The summed E-state index contributed by atoms with van der Waals surface area (Å²) in [6.07, 6.45) is 1.18. The van der Waals surface area contributed by atoms with E-state index < -0.39 is 41.0 Å². The molecule has 0 saturated carbocycles. The fourth-order valence-electron chi connectivity index (χ4n) is 3.43. The number of halogens is 3. The van der Waals surface area contributed by atoms with Crippen molar-refractivity contribution in [1.29, 1.82) is 0 Å². The van der Waals surface area contributed by atoms with Crippen LogP contribution in [-0.2, 0) is 9.59 Å². The van der Waals surface area contributed by atoms with E-state index in [1.54, 1.807) is 18.2 Å². The first-order valence-corrected chi connectivity index (χ1v) is 9.38. The number of carbonyl (C=O) groups excluding carboxylic acids is 2. The molecular weight excluding hydrogens is 429 g/mol. The van der Waals surface area contributed by atoms with E-state index in [1.165, 1.54) is 25.1 Å². The van der Waals surface area contributed by atoms with Gasteiger partial charge in [-0.1, -0.05) is 6.07 Å². The van der Waals surface area contributed by atoms with Crippen LogP contribution in [0.4, 0.5) is 24.7 Å². The number of ether oxygens (including phenoxy) is 2. The minimum absolute atomic E-state index is 0.249. The lowest BCUT2D eigenvalue weighted by Crippen LogP contribution is -2.36. The molecule has 1 atom stereocenters. The monoisotopic (exact) mass is 446 g/mol. The molecule has 2 aromatic carbocycles. The van der Waals surface area contributed by atoms with Crippen LogP contribution < -0.4 is 20.1 Å². The maximum absolute atomic E-state index is 14.0. The minimum atomic E-state index is -1.71. The highest BCUT2D eigenvalue weighted by Crippen LogP contribution is 2.38. The van der Waals surface area contributed by atoms with Crippen LogP contribution >= 0.6 is 0 Å². The molecule has 2 heterocycles. The molecule has 3 aromatic rings. The van der Waals surface area contributed by atoms with E-state index in [4.69, 9.17) is 9.47 Å². The highest BCUT2D eigenvalue weighted by molar-refractivity contribution is 6.03. The van der Waals surface area contributed by atoms with Gasteiger partial charge in [-0.25, -0.2) is 17.9 Å². The Hall–Kier alpha value is -4.02. The SMILES string of the molecule is COc1ccc(-c2cnn3c2NC(=O)C[C@H]3C(=O)Nc2ccc(F)c(F)c2F)cc1OC. The number of hydrogen-bond acceptors (Lipinski definition) is 5. The van der Waals surface area contributed by atoms with Crippen molar-refractivity contribution >= 4 is 23.3 Å². The van der Waals surface area contributed by atoms with Crippen molar-refractivity contribution in [2.24, 2.45) is 0 Å². The molecule has 2 N–H and O–H groups in total. The Morgan fingerprint density at radius 3 is 2.59 bits per heavy atom. The molecule has 0 saturated heterocycles. The summed E-state index contributed by atoms with van der Waals surface area (Å²) in [5, 5.41) is 9.07. The third-order valence-electron chi connectivity index (χ3n) is 5.02. The number of hydrogen-bond donors (Lipinski definition) is 2. The fraction of sp³-hybridized carbons (Fsp3) is 0.190. The Balaban J connectivity index is 1.68. The predicted octanol–water partition coefficient (Wildman–Crippen LogP) is 3.51. The topological polar surface area (TPSA) is 94.5 Å². The second kappa shape index (κ2) is 8.25. The van der Waals surface area contributed by atoms with Crippen LogP contribution in [0.3, 0.4) is 0 Å². The van der Waals surface area contributed by atoms with Crippen LogP contribution in [0.25, 0.3) is 11.1 Å². The summed E-state index contributed by atoms with van der Waals surface area (Å²) < 4.78 is 52.4. The Bertz CT molecular complexity index is 1230. The third kappa shape index (κ3) is 3.61. The molecule has 1 aliphatic heterocycles. The predicted molar refractivity (Wildman–Crippen MR) is 108 cm³/mol. The van der Waals surface area contributed by atoms with Gasteiger partial charge >= 0.3 is 0 Å². The van der Waals surface area contributed by atoms with Gasteiger partial charge in [0.1, 0.15) is 11.9 Å². The van der Waals surface area contributed by atoms with Gasteiger partial charge in [-0.15, -0.1) is 0 Å². The molecule has 2 amide bonds. The van der Waals surface area contributed by atoms with E-state index in [9.17, 15) is 22.8 Å². The second-order valence-corrected chi connectivity index (χ2v) is 6.90. The maximum Gasteiger partial charge on any atom is 0.249 e. The van der Waals surface area contributed by atoms with Gasteiger partial charge in [0.2, 0.25) is 11.8 Å². The van der Waals surface area contributed by atoms with Crippen molar-refractivity contribution in [3.8, 4) is 22.6 Å². The summed E-state index contributed by atoms with van der Waals surface area (Å²) >= 11 is 0. The fourth-order valence-corrected chi connectivity index (χ4v) is 3.43. The van der Waals surface area contributed by atoms with E-state index in [0.29, 0.717) is 28.7 Å². The quantitative estimate of drug-likeness (QED) is 0.585. The van der Waals surface area contributed by atoms with Crippen LogP contribution in [0.1, 0.15) is 12.5 Å². The van der Waals surface area contributed by atoms with Crippen LogP contribution in [0.5, 0.6) is 11.5 Å². The van der Waals surface area contributed by atoms with Crippen LogP contribution in [0, 0.1) is 17.5 Å². The second-order valence-electron chi connectivity index (χ2n) is 6.90. The van der Waals surface area contributed by atoms with E-state index in [1.807, 2.05) is 0 Å². The largest absolute Gasteiger partial charge is 0.493 e. The van der Waals surface area contributed by atoms with Crippen LogP contribution in [0.2, 0.25) is 0 Å². The zero-order valence-electron chi connectivity index (χ0n) is 16.9. The number of aromatic nitrogens is 2. The molecule has 11 heteroatoms. The van der Waals surface area contributed by atoms with Gasteiger partial charge in [0.15, 0.2) is 29.0 Å². The van der Waals surface area contributed by atoms with E-state index in [0.717, 1.165) is 6.07 Å². The number of methoxy groups -OCH3 is 2. The van der Waals surface area contributed by atoms with Crippen molar-refractivity contribution in [2.45, 2.75) is 12.5 Å². The smallest absolute Gasteiger partial charge is 0.249 e. The van der Waals surface area contributed by atoms with Crippen molar-refractivity contribution in [3.63, 3.8) is 0 Å². The van der Waals surface area contributed by atoms with E-state index >= 15 is 0 Å². The number of fused-ring (bicyclic) bond motifs is 1. The lowest BCUT2D eigenvalue weighted by Gasteiger charge is -2.24. The first-order chi connectivity index (χ1) is 15.3. The number of benzene rings is 2. The van der Waals surface area contributed by atoms with Crippen molar-refractivity contribution in [3.05, 3.63) is 54.0 Å². The third-order valence-corrected chi connectivity index (χ3v) is 5.02. The standard InChI is InChI=1S/C21H17F3N4O4/c1-31-15-6-3-10(7-16(15)32-2)11-9-25-28-14(8-17(29)27-20(11)28)21(30)26-13-5-4-12(22)18(23)19(13)24/h3-7,9,14H,8H2,1-2H3,(H,26,30)(H,27,29)/t14-/m0/s1. The summed E-state index contributed by atoms with van der Waals surface area (Å²) in [6, 6.07) is 5.54. The Kier molecular flexibility index (Phi) is 5.47. The van der Waals surface area contributed by atoms with Crippen molar-refractivity contribution in [2.75, 3.05) is 24.9 Å². The van der Waals surface area contributed by atoms with Gasteiger partial charge in [0, 0.05) is 5.56 Å². The Morgan fingerprint density at radius 2 is 1.88 bits per heavy atom. The van der Waals surface area contributed by atoms with Gasteiger partial charge in [-0.3, -0.25) is 9.59 Å². The number of anilines is 2. The average molecular weight is 446 g/mol. The molecule has 1 aliphatic rings. The summed E-state index contributed by atoms with van der Waals surface area (Å²) in [4.78, 5) is 25.1. The maximum atomic E-state index is 14.0. The minimum Gasteiger partial charge on any atom is -0.493 e. The van der Waals surface area contributed by atoms with Crippen molar-refractivity contribution < 1.29 is 32.2 Å². The van der Waals surface area contributed by atoms with Gasteiger partial charge in [-0.2, -0.15) is 5.10 Å². The lowest BCUT2D eigenvalue weighted by molar-refractivity contribution is -0.125. The molecule has 0 aliphatic carbocycles. The van der Waals surface area contributed by atoms with Crippen molar-refractivity contribution in [1.82, 2.24) is 9.78 Å². The zero-order valence-corrected chi connectivity index (χ0v) is 16.9. The van der Waals surface area contributed by atoms with Gasteiger partial charge in [0.25, 0.3) is 0 Å². The molecule has 1 aromatic heterocycles. The summed E-state index contributed by atoms with van der Waals surface area (Å²) in [7, 11) is 2.98. The van der Waals surface area contributed by atoms with Crippen LogP contribution in [0.15, 0.2) is 36.5 Å². The number of amides is 2.